The molecule has 0 unspecified atom stereocenters. The molecule has 5 N–H and O–H groups in total. The molecule has 2 heterocycles. The molecular formula is C24H36N8O7. The molecule has 0 saturated carbocycles. The highest BCUT2D eigenvalue weighted by atomic mass is 16.6. The Kier molecular flexibility index (Phi) is 11.0. The van der Waals surface area contributed by atoms with Crippen LogP contribution in [0.3, 0.4) is 0 Å². The topological polar surface area (TPSA) is 199 Å². The first-order chi connectivity index (χ1) is 18.2. The average Bonchev–Trinajstić information content (AvgIpc) is 3.35. The fraction of sp³-hybridized carbons (Fsp3) is 0.542. The van der Waals surface area contributed by atoms with Gasteiger partial charge < -0.3 is 40.2 Å². The third kappa shape index (κ3) is 10.8. The van der Waals surface area contributed by atoms with Crippen LogP contribution < -0.4 is 21.3 Å². The lowest BCUT2D eigenvalue weighted by molar-refractivity contribution is -0.137. The number of anilines is 2. The minimum atomic E-state index is -0.987. The standard InChI is InChI=1S/C24H36N8O7/c1-24(2,3)39-23(38)26-12-7-6-11-25-21(36)19-29-16(14-31(19)4)30-22(37)20-28-15(13-32(20)5)27-17(33)9-8-10-18(34)35/h13-14H,6-12H2,1-5H3,(H,25,36)(H,26,38)(H,27,33)(H,30,37)(H,34,35). The van der Waals surface area contributed by atoms with Crippen molar-refractivity contribution in [1.29, 1.82) is 0 Å². The number of rotatable bonds is 13. The highest BCUT2D eigenvalue weighted by Crippen LogP contribution is 2.12. The summed E-state index contributed by atoms with van der Waals surface area (Å²) in [6.45, 7) is 6.11. The molecule has 0 fully saturated rings. The SMILES string of the molecule is Cn1cc(NC(=O)c2nc(NC(=O)CCCC(=O)O)cn2C)nc1C(=O)NCCCCNC(=O)OC(C)(C)C. The molecule has 0 aliphatic carbocycles. The summed E-state index contributed by atoms with van der Waals surface area (Å²) < 4.78 is 8.04. The zero-order chi connectivity index (χ0) is 29.2. The summed E-state index contributed by atoms with van der Waals surface area (Å²) in [6, 6.07) is 0. The fourth-order valence-corrected chi connectivity index (χ4v) is 3.29. The summed E-state index contributed by atoms with van der Waals surface area (Å²) in [5.41, 5.74) is -0.568. The molecule has 0 aliphatic heterocycles. The number of hydrogen-bond acceptors (Lipinski definition) is 8. The predicted octanol–water partition coefficient (Wildman–Crippen LogP) is 1.63. The third-order valence-corrected chi connectivity index (χ3v) is 5.02. The number of carbonyl (C=O) groups is 5. The molecule has 0 atom stereocenters. The van der Waals surface area contributed by atoms with Crippen LogP contribution in [0.4, 0.5) is 16.4 Å². The average molecular weight is 549 g/mol. The van der Waals surface area contributed by atoms with Gasteiger partial charge >= 0.3 is 12.1 Å². The minimum absolute atomic E-state index is 0.00610. The number of hydrogen-bond donors (Lipinski definition) is 5. The highest BCUT2D eigenvalue weighted by molar-refractivity contribution is 6.02. The summed E-state index contributed by atoms with van der Waals surface area (Å²) in [6.07, 6.45) is 3.75. The first-order valence-corrected chi connectivity index (χ1v) is 12.4. The van der Waals surface area contributed by atoms with Crippen LogP contribution in [0.25, 0.3) is 0 Å². The number of carboxylic acid groups (broad SMARTS) is 1. The number of imidazole rings is 2. The number of alkyl carbamates (subject to hydrolysis) is 1. The van der Waals surface area contributed by atoms with Gasteiger partial charge in [0.15, 0.2) is 11.6 Å². The maximum atomic E-state index is 12.7. The van der Waals surface area contributed by atoms with Gasteiger partial charge in [0.1, 0.15) is 5.60 Å². The second-order valence-electron chi connectivity index (χ2n) is 9.76. The number of nitrogens with one attached hydrogen (secondary N) is 4. The number of ether oxygens (including phenoxy) is 1. The lowest BCUT2D eigenvalue weighted by atomic mass is 10.2. The van der Waals surface area contributed by atoms with Gasteiger partial charge in [-0.15, -0.1) is 0 Å². The number of aromatic nitrogens is 4. The van der Waals surface area contributed by atoms with Gasteiger partial charge in [0.25, 0.3) is 11.8 Å². The van der Waals surface area contributed by atoms with E-state index in [2.05, 4.69) is 31.2 Å². The van der Waals surface area contributed by atoms with Crippen molar-refractivity contribution in [3.05, 3.63) is 24.0 Å². The molecule has 2 aromatic rings. The molecule has 0 bridgehead atoms. The maximum Gasteiger partial charge on any atom is 0.407 e. The monoisotopic (exact) mass is 548 g/mol. The van der Waals surface area contributed by atoms with E-state index >= 15 is 0 Å². The molecule has 2 rings (SSSR count). The lowest BCUT2D eigenvalue weighted by Gasteiger charge is -2.19. The van der Waals surface area contributed by atoms with Crippen molar-refractivity contribution in [1.82, 2.24) is 29.7 Å². The van der Waals surface area contributed by atoms with Crippen LogP contribution in [-0.2, 0) is 28.4 Å². The Balaban J connectivity index is 1.82. The molecule has 15 heteroatoms. The third-order valence-electron chi connectivity index (χ3n) is 5.02. The maximum absolute atomic E-state index is 12.7. The lowest BCUT2D eigenvalue weighted by Crippen LogP contribution is -2.33. The van der Waals surface area contributed by atoms with Gasteiger partial charge in [-0.2, -0.15) is 0 Å². The van der Waals surface area contributed by atoms with E-state index in [0.717, 1.165) is 0 Å². The molecule has 0 saturated heterocycles. The molecule has 214 valence electrons. The van der Waals surface area contributed by atoms with Crippen molar-refractivity contribution in [3.8, 4) is 0 Å². The Labute approximate surface area is 225 Å². The van der Waals surface area contributed by atoms with Gasteiger partial charge in [0, 0.05) is 52.4 Å². The molecule has 15 nitrogen and oxygen atoms in total. The number of carbonyl (C=O) groups excluding carboxylic acids is 4. The molecule has 2 aromatic heterocycles. The van der Waals surface area contributed by atoms with Crippen LogP contribution in [0.2, 0.25) is 0 Å². The normalized spacial score (nSPS) is 11.0. The Morgan fingerprint density at radius 1 is 0.821 bits per heavy atom. The highest BCUT2D eigenvalue weighted by Gasteiger charge is 2.19. The second-order valence-corrected chi connectivity index (χ2v) is 9.76. The van der Waals surface area contributed by atoms with E-state index in [-0.39, 0.29) is 42.5 Å². The quantitative estimate of drug-likeness (QED) is 0.231. The van der Waals surface area contributed by atoms with E-state index in [1.54, 1.807) is 34.9 Å². The molecular weight excluding hydrogens is 512 g/mol. The zero-order valence-corrected chi connectivity index (χ0v) is 22.8. The van der Waals surface area contributed by atoms with Crippen LogP contribution >= 0.6 is 0 Å². The van der Waals surface area contributed by atoms with Crippen LogP contribution in [-0.4, -0.2) is 72.7 Å². The minimum Gasteiger partial charge on any atom is -0.481 e. The van der Waals surface area contributed by atoms with Gasteiger partial charge in [-0.25, -0.2) is 14.8 Å². The number of amides is 4. The summed E-state index contributed by atoms with van der Waals surface area (Å²) in [7, 11) is 3.18. The van der Waals surface area contributed by atoms with Crippen LogP contribution in [0.5, 0.6) is 0 Å². The summed E-state index contributed by atoms with van der Waals surface area (Å²) in [5, 5.41) is 19.2. The van der Waals surface area contributed by atoms with Crippen LogP contribution in [0, 0.1) is 0 Å². The molecule has 0 aromatic carbocycles. The van der Waals surface area contributed by atoms with Crippen molar-refractivity contribution in [3.63, 3.8) is 0 Å². The first kappa shape index (κ1) is 30.8. The Hall–Kier alpha value is -4.43. The Bertz CT molecular complexity index is 1200. The molecule has 0 spiro atoms. The molecule has 4 amide bonds. The number of aliphatic carboxylic acids is 1. The largest absolute Gasteiger partial charge is 0.481 e. The van der Waals surface area contributed by atoms with Crippen molar-refractivity contribution in [2.24, 2.45) is 14.1 Å². The van der Waals surface area contributed by atoms with Gasteiger partial charge in [-0.3, -0.25) is 19.2 Å². The number of carboxylic acids is 1. The molecule has 0 radical (unpaired) electrons. The number of nitrogens with zero attached hydrogens (tertiary/aromatic N) is 4. The van der Waals surface area contributed by atoms with Gasteiger partial charge in [0.05, 0.1) is 0 Å². The smallest absolute Gasteiger partial charge is 0.407 e. The van der Waals surface area contributed by atoms with E-state index in [1.165, 1.54) is 21.5 Å². The Morgan fingerprint density at radius 3 is 1.92 bits per heavy atom. The molecule has 39 heavy (non-hydrogen) atoms. The van der Waals surface area contributed by atoms with Gasteiger partial charge in [0.2, 0.25) is 17.6 Å². The van der Waals surface area contributed by atoms with Crippen molar-refractivity contribution >= 4 is 41.4 Å². The molecule has 0 aliphatic rings. The van der Waals surface area contributed by atoms with E-state index in [0.29, 0.717) is 25.9 Å². The second kappa shape index (κ2) is 13.9. The zero-order valence-electron chi connectivity index (χ0n) is 22.8. The summed E-state index contributed by atoms with van der Waals surface area (Å²) in [4.78, 5) is 67.6. The summed E-state index contributed by atoms with van der Waals surface area (Å²) >= 11 is 0. The van der Waals surface area contributed by atoms with Crippen molar-refractivity contribution in [2.45, 2.75) is 58.5 Å². The van der Waals surface area contributed by atoms with Crippen molar-refractivity contribution in [2.75, 3.05) is 23.7 Å². The fourth-order valence-electron chi connectivity index (χ4n) is 3.29. The summed E-state index contributed by atoms with van der Waals surface area (Å²) in [5.74, 6) is -2.07. The number of aryl methyl sites for hydroxylation is 2. The van der Waals surface area contributed by atoms with Gasteiger partial charge in [-0.1, -0.05) is 0 Å². The van der Waals surface area contributed by atoms with Crippen LogP contribution in [0.1, 0.15) is 74.1 Å². The predicted molar refractivity (Wildman–Crippen MR) is 140 cm³/mol. The van der Waals surface area contributed by atoms with Crippen LogP contribution in [0.15, 0.2) is 12.4 Å². The van der Waals surface area contributed by atoms with E-state index < -0.39 is 35.4 Å². The van der Waals surface area contributed by atoms with E-state index in [9.17, 15) is 24.0 Å². The van der Waals surface area contributed by atoms with E-state index in [1.807, 2.05) is 0 Å². The Morgan fingerprint density at radius 2 is 1.36 bits per heavy atom. The van der Waals surface area contributed by atoms with E-state index in [4.69, 9.17) is 9.84 Å². The number of unbranched alkanes of at least 4 members (excludes halogenated alkanes) is 1. The van der Waals surface area contributed by atoms with Crippen molar-refractivity contribution < 1.29 is 33.8 Å². The van der Waals surface area contributed by atoms with Gasteiger partial charge in [-0.05, 0) is 40.0 Å². The first-order valence-electron chi connectivity index (χ1n) is 12.4.